The highest BCUT2D eigenvalue weighted by Gasteiger charge is 1.99. The zero-order valence-corrected chi connectivity index (χ0v) is 6.69. The fraction of sp³-hybridized carbons (Fsp3) is 1.00. The molecule has 0 spiro atoms. The Hall–Kier alpha value is 0.726. The van der Waals surface area contributed by atoms with Crippen LogP contribution in [0.25, 0.3) is 0 Å². The average molecular weight is 113 g/mol. The fourth-order valence-electron chi connectivity index (χ4n) is 0.158. The van der Waals surface area contributed by atoms with Crippen LogP contribution in [0.5, 0.6) is 0 Å². The third-order valence-electron chi connectivity index (χ3n) is 0.512. The summed E-state index contributed by atoms with van der Waals surface area (Å²) in [5, 5.41) is 10.1. The molecule has 0 aromatic rings. The van der Waals surface area contributed by atoms with Gasteiger partial charge < -0.3 is 5.11 Å². The van der Waals surface area contributed by atoms with E-state index in [1.54, 1.807) is 0 Å². The second kappa shape index (κ2) is 15.9. The summed E-state index contributed by atoms with van der Waals surface area (Å²) in [7, 11) is 0. The van der Waals surface area contributed by atoms with Gasteiger partial charge in [0.2, 0.25) is 0 Å². The van der Waals surface area contributed by atoms with E-state index in [0.29, 0.717) is 6.61 Å². The summed E-state index contributed by atoms with van der Waals surface area (Å²) in [5.74, 6) is 0. The van der Waals surface area contributed by atoms with Crippen molar-refractivity contribution >= 4 is 21.7 Å². The van der Waals surface area contributed by atoms with E-state index in [0.717, 1.165) is 12.8 Å². The minimum atomic E-state index is 0.344. The third-order valence-corrected chi connectivity index (χ3v) is 0.512. The first-order valence-corrected chi connectivity index (χ1v) is 4.14. The van der Waals surface area contributed by atoms with Gasteiger partial charge in [0, 0.05) is 6.61 Å². The molecule has 2 heteroatoms. The van der Waals surface area contributed by atoms with Crippen LogP contribution in [0.4, 0.5) is 0 Å². The monoisotopic (exact) mass is 113 g/mol. The largest absolute Gasteiger partial charge is 1.41 e. The van der Waals surface area contributed by atoms with Crippen LogP contribution >= 0.6 is 0 Å². The van der Waals surface area contributed by atoms with Gasteiger partial charge in [-0.1, -0.05) is 13.3 Å². The lowest BCUT2D eigenvalue weighted by Crippen LogP contribution is -1.75. The number of aliphatic hydroxyl groups excluding tert-OH is 1. The van der Waals surface area contributed by atoms with Gasteiger partial charge >= 0.3 is 21.7 Å². The Bertz CT molecular complexity index is 15.6. The number of aliphatic hydroxyl groups is 1. The second-order valence-corrected chi connectivity index (χ2v) is 1.08. The second-order valence-electron chi connectivity index (χ2n) is 1.08. The molecule has 0 heterocycles. The van der Waals surface area contributed by atoms with Gasteiger partial charge in [-0.15, -0.1) is 0 Å². The Kier molecular flexibility index (Phi) is 24.2. The fourth-order valence-corrected chi connectivity index (χ4v) is 0.158. The van der Waals surface area contributed by atoms with Crippen LogP contribution in [-0.2, 0) is 0 Å². The summed E-state index contributed by atoms with van der Waals surface area (Å²) in [6.07, 6.45) is 2.04. The van der Waals surface area contributed by atoms with E-state index in [1.807, 2.05) is 26.8 Å². The van der Waals surface area contributed by atoms with Gasteiger partial charge in [-0.2, -0.15) is 0 Å². The van der Waals surface area contributed by atoms with E-state index < -0.39 is 0 Å². The van der Waals surface area contributed by atoms with Crippen molar-refractivity contribution in [3.8, 4) is 0 Å². The Morgan fingerprint density at radius 3 is 1.86 bits per heavy atom. The van der Waals surface area contributed by atoms with Crippen LogP contribution < -0.4 is 0 Å². The number of hydrogen-bond acceptors (Lipinski definition) is 1. The van der Waals surface area contributed by atoms with Crippen molar-refractivity contribution in [1.82, 2.24) is 0 Å². The Morgan fingerprint density at radius 2 is 1.86 bits per heavy atom. The van der Waals surface area contributed by atoms with E-state index in [9.17, 15) is 0 Å². The van der Waals surface area contributed by atoms with Crippen molar-refractivity contribution < 1.29 is 5.11 Å². The molecule has 1 nitrogen and oxygen atoms in total. The number of hydrogen-bond donors (Lipinski definition) is 1. The first-order chi connectivity index (χ1) is 3.41. The zero-order valence-electron chi connectivity index (χ0n) is 5.28. The summed E-state index contributed by atoms with van der Waals surface area (Å²) in [5.41, 5.74) is 0. The van der Waals surface area contributed by atoms with Crippen LogP contribution in [0.15, 0.2) is 0 Å². The first kappa shape index (κ1) is 10.7. The van der Waals surface area contributed by atoms with Crippen LogP contribution in [-0.4, -0.2) is 33.4 Å². The molecule has 0 fully saturated rings. The van der Waals surface area contributed by atoms with Crippen molar-refractivity contribution in [1.29, 1.82) is 0 Å². The Labute approximate surface area is 58.6 Å². The van der Waals surface area contributed by atoms with Gasteiger partial charge in [0.25, 0.3) is 5.05 Å². The average Bonchev–Trinajstić information content (AvgIpc) is 1.75. The molecule has 0 aliphatic rings. The highest BCUT2D eigenvalue weighted by molar-refractivity contribution is 6.05. The predicted molar refractivity (Wildman–Crippen MR) is 33.6 cm³/mol. The van der Waals surface area contributed by atoms with E-state index in [2.05, 4.69) is 6.92 Å². The summed E-state index contributed by atoms with van der Waals surface area (Å²) >= 11 is 1.86. The molecule has 0 saturated carbocycles. The van der Waals surface area contributed by atoms with Crippen molar-refractivity contribution in [3.05, 3.63) is 0 Å². The smallest absolute Gasteiger partial charge is 0.396 e. The van der Waals surface area contributed by atoms with Crippen LogP contribution in [0, 0.1) is 0 Å². The standard InChI is InChI=1S/C4H10O.CH3.Mg/c1-2-3-4-5;;/h5H,2-4H2,1H3;1H3;/q;;+2. The molecule has 0 amide bonds. The summed E-state index contributed by atoms with van der Waals surface area (Å²) in [4.78, 5) is 0. The molecule has 39 valence electrons. The maximum Gasteiger partial charge on any atom is 1.41 e. The quantitative estimate of drug-likeness (QED) is 0.530. The van der Waals surface area contributed by atoms with Crippen LogP contribution in [0.3, 0.4) is 0 Å². The molecular formula is C5H13MgO+2. The lowest BCUT2D eigenvalue weighted by Gasteiger charge is -1.79. The van der Waals surface area contributed by atoms with E-state index in [-0.39, 0.29) is 0 Å². The minimum Gasteiger partial charge on any atom is -0.396 e. The third kappa shape index (κ3) is 20.2. The van der Waals surface area contributed by atoms with Gasteiger partial charge in [0.1, 0.15) is 0 Å². The minimum absolute atomic E-state index is 0.344. The normalized spacial score (nSPS) is 6.86. The van der Waals surface area contributed by atoms with E-state index in [1.165, 1.54) is 0 Å². The van der Waals surface area contributed by atoms with E-state index in [4.69, 9.17) is 5.11 Å². The summed E-state index contributed by atoms with van der Waals surface area (Å²) < 4.78 is 0. The number of rotatable bonds is 2. The highest BCUT2D eigenvalue weighted by Crippen LogP contribution is 1.78. The molecular weight excluding hydrogens is 100 g/mol. The van der Waals surface area contributed by atoms with E-state index >= 15 is 0 Å². The molecule has 7 heavy (non-hydrogen) atoms. The number of unbranched alkanes of at least 4 members (excludes halogenated alkanes) is 1. The Balaban J connectivity index is 0. The van der Waals surface area contributed by atoms with Crippen molar-refractivity contribution in [2.45, 2.75) is 24.8 Å². The summed E-state index contributed by atoms with van der Waals surface area (Å²) in [6.45, 7) is 2.40. The first-order valence-electron chi connectivity index (χ1n) is 2.73. The van der Waals surface area contributed by atoms with Crippen molar-refractivity contribution in [2.75, 3.05) is 6.61 Å². The van der Waals surface area contributed by atoms with Gasteiger partial charge in [-0.05, 0) is 6.42 Å². The highest BCUT2D eigenvalue weighted by atomic mass is 24.4. The predicted octanol–water partition coefficient (Wildman–Crippen LogP) is 0.982. The van der Waals surface area contributed by atoms with Crippen LogP contribution in [0.2, 0.25) is 5.05 Å². The summed E-state index contributed by atoms with van der Waals surface area (Å²) in [6, 6.07) is 0. The van der Waals surface area contributed by atoms with Crippen LogP contribution in [0.1, 0.15) is 19.8 Å². The molecule has 1 N–H and O–H groups in total. The maximum atomic E-state index is 8.07. The van der Waals surface area contributed by atoms with Gasteiger partial charge in [0.05, 0.1) is 0 Å². The molecule has 7 radical (unpaired) electrons. The zero-order chi connectivity index (χ0) is 6.12. The lowest BCUT2D eigenvalue weighted by atomic mass is 10.4. The molecule has 0 aliphatic heterocycles. The van der Waals surface area contributed by atoms with Gasteiger partial charge in [0.15, 0.2) is 0 Å². The molecule has 0 aromatic carbocycles. The molecule has 0 saturated heterocycles. The van der Waals surface area contributed by atoms with Gasteiger partial charge in [-0.3, -0.25) is 0 Å². The Morgan fingerprint density at radius 1 is 1.43 bits per heavy atom. The lowest BCUT2D eigenvalue weighted by molar-refractivity contribution is 0.287. The van der Waals surface area contributed by atoms with Gasteiger partial charge in [-0.25, -0.2) is 0 Å². The molecule has 0 rings (SSSR count). The molecule has 0 aromatic heterocycles. The molecule has 0 unspecified atom stereocenters. The molecule has 0 atom stereocenters. The van der Waals surface area contributed by atoms with Crippen molar-refractivity contribution in [3.63, 3.8) is 0 Å². The topological polar surface area (TPSA) is 20.2 Å². The maximum absolute atomic E-state index is 8.07. The molecule has 0 bridgehead atoms. The SMILES string of the molecule is CCCCO.[CH3][Mg+2]. The molecule has 0 aliphatic carbocycles. The van der Waals surface area contributed by atoms with Crippen molar-refractivity contribution in [2.24, 2.45) is 0 Å².